The normalized spacial score (nSPS) is 10.9. The van der Waals surface area contributed by atoms with Crippen molar-refractivity contribution in [3.63, 3.8) is 0 Å². The molecule has 0 atom stereocenters. The second-order valence-corrected chi connectivity index (χ2v) is 3.32. The number of nitrogens with zero attached hydrogens (tertiary/aromatic N) is 2. The highest BCUT2D eigenvalue weighted by Gasteiger charge is 2.02. The van der Waals surface area contributed by atoms with Crippen molar-refractivity contribution in [1.29, 1.82) is 0 Å². The highest BCUT2D eigenvalue weighted by Crippen LogP contribution is 2.04. The number of nitrogens with two attached hydrogens (primary N) is 1. The van der Waals surface area contributed by atoms with E-state index >= 15 is 0 Å². The van der Waals surface area contributed by atoms with Crippen molar-refractivity contribution < 1.29 is 0 Å². The average molecular weight is 193 g/mol. The fourth-order valence-electron chi connectivity index (χ4n) is 1.42. The van der Waals surface area contributed by atoms with Crippen molar-refractivity contribution in [3.8, 4) is 0 Å². The molecular weight excluding hydrogens is 174 g/mol. The maximum Gasteiger partial charge on any atom is 0.0547 e. The van der Waals surface area contributed by atoms with Gasteiger partial charge < -0.3 is 5.73 Å². The molecule has 3 heteroatoms. The van der Waals surface area contributed by atoms with Gasteiger partial charge in [-0.15, -0.1) is 0 Å². The Morgan fingerprint density at radius 1 is 1.36 bits per heavy atom. The molecule has 0 amide bonds. The number of rotatable bonds is 5. The number of pyridine rings is 1. The zero-order valence-electron chi connectivity index (χ0n) is 9.03. The van der Waals surface area contributed by atoms with Crippen LogP contribution in [-0.2, 0) is 13.1 Å². The van der Waals surface area contributed by atoms with Gasteiger partial charge in [-0.05, 0) is 30.8 Å². The fraction of sp³-hybridized carbons (Fsp3) is 0.545. The summed E-state index contributed by atoms with van der Waals surface area (Å²) in [5, 5.41) is 0. The van der Waals surface area contributed by atoms with Gasteiger partial charge in [0.1, 0.15) is 0 Å². The van der Waals surface area contributed by atoms with Gasteiger partial charge in [0.05, 0.1) is 5.69 Å². The van der Waals surface area contributed by atoms with Gasteiger partial charge >= 0.3 is 0 Å². The molecule has 1 aromatic heterocycles. The van der Waals surface area contributed by atoms with Crippen LogP contribution in [0.25, 0.3) is 0 Å². The van der Waals surface area contributed by atoms with Crippen molar-refractivity contribution in [2.45, 2.75) is 26.9 Å². The minimum Gasteiger partial charge on any atom is -0.326 e. The van der Waals surface area contributed by atoms with Crippen molar-refractivity contribution in [2.24, 2.45) is 5.73 Å². The first-order valence-electron chi connectivity index (χ1n) is 5.16. The molecule has 0 fully saturated rings. The molecule has 14 heavy (non-hydrogen) atoms. The van der Waals surface area contributed by atoms with Crippen molar-refractivity contribution in [2.75, 3.05) is 13.1 Å². The zero-order valence-corrected chi connectivity index (χ0v) is 9.03. The van der Waals surface area contributed by atoms with Gasteiger partial charge in [0.15, 0.2) is 0 Å². The predicted octanol–water partition coefficient (Wildman–Crippen LogP) is 1.38. The smallest absolute Gasteiger partial charge is 0.0547 e. The molecular formula is C11H19N3. The lowest BCUT2D eigenvalue weighted by molar-refractivity contribution is 0.292. The molecule has 78 valence electrons. The standard InChI is InChI=1S/C11H19N3/c1-3-14(4-2)9-11-7-10(8-12)5-6-13-11/h5-7H,3-4,8-9,12H2,1-2H3. The van der Waals surface area contributed by atoms with Crippen molar-refractivity contribution in [3.05, 3.63) is 29.6 Å². The van der Waals surface area contributed by atoms with E-state index in [2.05, 4.69) is 29.8 Å². The molecule has 0 spiro atoms. The SMILES string of the molecule is CCN(CC)Cc1cc(CN)ccn1. The maximum atomic E-state index is 5.57. The third kappa shape index (κ3) is 3.09. The van der Waals surface area contributed by atoms with E-state index < -0.39 is 0 Å². The first-order valence-corrected chi connectivity index (χ1v) is 5.16. The Hall–Kier alpha value is -0.930. The van der Waals surface area contributed by atoms with Gasteiger partial charge in [-0.2, -0.15) is 0 Å². The number of hydrogen-bond donors (Lipinski definition) is 1. The van der Waals surface area contributed by atoms with Crippen LogP contribution >= 0.6 is 0 Å². The fourth-order valence-corrected chi connectivity index (χ4v) is 1.42. The van der Waals surface area contributed by atoms with Crippen LogP contribution in [0.4, 0.5) is 0 Å². The predicted molar refractivity (Wildman–Crippen MR) is 58.8 cm³/mol. The quantitative estimate of drug-likeness (QED) is 0.768. The van der Waals surface area contributed by atoms with Crippen LogP contribution in [-0.4, -0.2) is 23.0 Å². The second kappa shape index (κ2) is 5.73. The van der Waals surface area contributed by atoms with E-state index in [0.717, 1.165) is 30.9 Å². The monoisotopic (exact) mass is 193 g/mol. The van der Waals surface area contributed by atoms with Crippen molar-refractivity contribution in [1.82, 2.24) is 9.88 Å². The summed E-state index contributed by atoms with van der Waals surface area (Å²) in [5.74, 6) is 0. The van der Waals surface area contributed by atoms with E-state index in [9.17, 15) is 0 Å². The molecule has 0 saturated heterocycles. The summed E-state index contributed by atoms with van der Waals surface area (Å²) >= 11 is 0. The van der Waals surface area contributed by atoms with Gasteiger partial charge in [0.25, 0.3) is 0 Å². The minimum atomic E-state index is 0.591. The molecule has 0 radical (unpaired) electrons. The van der Waals surface area contributed by atoms with Gasteiger partial charge in [0, 0.05) is 19.3 Å². The summed E-state index contributed by atoms with van der Waals surface area (Å²) in [6.45, 7) is 7.96. The van der Waals surface area contributed by atoms with Gasteiger partial charge in [-0.3, -0.25) is 9.88 Å². The Bertz CT molecular complexity index is 269. The first-order chi connectivity index (χ1) is 6.80. The van der Waals surface area contributed by atoms with E-state index in [-0.39, 0.29) is 0 Å². The number of hydrogen-bond acceptors (Lipinski definition) is 3. The molecule has 1 aromatic rings. The van der Waals surface area contributed by atoms with Crippen LogP contribution in [0.1, 0.15) is 25.1 Å². The van der Waals surface area contributed by atoms with Crippen LogP contribution < -0.4 is 5.73 Å². The van der Waals surface area contributed by atoms with Crippen LogP contribution in [0.5, 0.6) is 0 Å². The summed E-state index contributed by atoms with van der Waals surface area (Å²) < 4.78 is 0. The van der Waals surface area contributed by atoms with Gasteiger partial charge in [0.2, 0.25) is 0 Å². The van der Waals surface area contributed by atoms with E-state index in [1.54, 1.807) is 0 Å². The molecule has 0 bridgehead atoms. The molecule has 1 rings (SSSR count). The highest BCUT2D eigenvalue weighted by atomic mass is 15.1. The third-order valence-electron chi connectivity index (χ3n) is 2.40. The van der Waals surface area contributed by atoms with E-state index in [1.165, 1.54) is 0 Å². The van der Waals surface area contributed by atoms with E-state index in [0.29, 0.717) is 6.54 Å². The van der Waals surface area contributed by atoms with Crippen LogP contribution in [0, 0.1) is 0 Å². The third-order valence-corrected chi connectivity index (χ3v) is 2.40. The topological polar surface area (TPSA) is 42.1 Å². The lowest BCUT2D eigenvalue weighted by Gasteiger charge is -2.17. The molecule has 0 unspecified atom stereocenters. The minimum absolute atomic E-state index is 0.591. The lowest BCUT2D eigenvalue weighted by Crippen LogP contribution is -2.22. The maximum absolute atomic E-state index is 5.57. The number of aromatic nitrogens is 1. The Kier molecular flexibility index (Phi) is 4.56. The van der Waals surface area contributed by atoms with Crippen LogP contribution in [0.2, 0.25) is 0 Å². The highest BCUT2D eigenvalue weighted by molar-refractivity contribution is 5.15. The van der Waals surface area contributed by atoms with Crippen LogP contribution in [0.15, 0.2) is 18.3 Å². The summed E-state index contributed by atoms with van der Waals surface area (Å²) in [4.78, 5) is 6.66. The summed E-state index contributed by atoms with van der Waals surface area (Å²) in [7, 11) is 0. The molecule has 0 aliphatic heterocycles. The molecule has 2 N–H and O–H groups in total. The average Bonchev–Trinajstić information content (AvgIpc) is 2.26. The first kappa shape index (κ1) is 11.1. The zero-order chi connectivity index (χ0) is 10.4. The van der Waals surface area contributed by atoms with Gasteiger partial charge in [-0.25, -0.2) is 0 Å². The largest absolute Gasteiger partial charge is 0.326 e. The summed E-state index contributed by atoms with van der Waals surface area (Å²) in [6, 6.07) is 4.05. The molecule has 0 saturated carbocycles. The van der Waals surface area contributed by atoms with Crippen molar-refractivity contribution >= 4 is 0 Å². The van der Waals surface area contributed by atoms with E-state index in [4.69, 9.17) is 5.73 Å². The summed E-state index contributed by atoms with van der Waals surface area (Å²) in [6.07, 6.45) is 1.83. The molecule has 3 nitrogen and oxygen atoms in total. The summed E-state index contributed by atoms with van der Waals surface area (Å²) in [5.41, 5.74) is 7.84. The van der Waals surface area contributed by atoms with E-state index in [1.807, 2.05) is 12.3 Å². The molecule has 0 aliphatic rings. The van der Waals surface area contributed by atoms with Crippen LogP contribution in [0.3, 0.4) is 0 Å². The Balaban J connectivity index is 2.65. The Morgan fingerprint density at radius 3 is 2.64 bits per heavy atom. The Labute approximate surface area is 85.9 Å². The molecule has 0 aromatic carbocycles. The van der Waals surface area contributed by atoms with Gasteiger partial charge in [-0.1, -0.05) is 13.8 Å². The molecule has 0 aliphatic carbocycles. The lowest BCUT2D eigenvalue weighted by atomic mass is 10.2. The Morgan fingerprint density at radius 2 is 2.07 bits per heavy atom. The molecule has 1 heterocycles. The second-order valence-electron chi connectivity index (χ2n) is 3.32.